The maximum Gasteiger partial charge on any atom is 0.152 e. The third-order valence-electron chi connectivity index (χ3n) is 1.68. The highest BCUT2D eigenvalue weighted by molar-refractivity contribution is 7.80. The molecule has 0 fully saturated rings. The number of nitrogens with zero attached hydrogens (tertiary/aromatic N) is 1. The Hall–Kier alpha value is -1.29. The molecule has 0 amide bonds. The third-order valence-corrected chi connectivity index (χ3v) is 1.92. The first-order valence-corrected chi connectivity index (χ1v) is 3.87. The Morgan fingerprint density at radius 3 is 3.17 bits per heavy atom. The molecule has 0 unspecified atom stereocenters. The fraction of sp³-hybridized carbons (Fsp3) is 0. The number of aromatic amines is 1. The molecule has 0 aliphatic rings. The molecule has 4 heteroatoms. The van der Waals surface area contributed by atoms with Gasteiger partial charge < -0.3 is 4.98 Å². The highest BCUT2D eigenvalue weighted by Gasteiger charge is 2.02. The number of hydrogen-bond acceptors (Lipinski definition) is 3. The Kier molecular flexibility index (Phi) is 1.62. The van der Waals surface area contributed by atoms with Gasteiger partial charge in [-0.3, -0.25) is 4.79 Å². The van der Waals surface area contributed by atoms with E-state index in [1.807, 2.05) is 6.07 Å². The largest absolute Gasteiger partial charge is 0.345 e. The van der Waals surface area contributed by atoms with E-state index in [0.29, 0.717) is 5.56 Å². The molecule has 0 saturated carbocycles. The maximum absolute atomic E-state index is 10.5. The van der Waals surface area contributed by atoms with Gasteiger partial charge in [-0.05, 0) is 6.07 Å². The molecule has 2 heterocycles. The molecule has 2 aromatic heterocycles. The van der Waals surface area contributed by atoms with Crippen LogP contribution in [0.25, 0.3) is 11.0 Å². The van der Waals surface area contributed by atoms with Crippen molar-refractivity contribution < 1.29 is 4.79 Å². The number of hydrogen-bond donors (Lipinski definition) is 2. The number of rotatable bonds is 1. The van der Waals surface area contributed by atoms with Crippen molar-refractivity contribution in [2.45, 2.75) is 4.90 Å². The average molecular weight is 178 g/mol. The van der Waals surface area contributed by atoms with Gasteiger partial charge in [-0.15, -0.1) is 12.6 Å². The molecule has 0 bridgehead atoms. The summed E-state index contributed by atoms with van der Waals surface area (Å²) in [4.78, 5) is 18.2. The van der Waals surface area contributed by atoms with Crippen molar-refractivity contribution in [1.29, 1.82) is 0 Å². The summed E-state index contributed by atoms with van der Waals surface area (Å²) in [5, 5.41) is 0.817. The van der Waals surface area contributed by atoms with E-state index in [1.165, 1.54) is 0 Å². The quantitative estimate of drug-likeness (QED) is 0.515. The lowest BCUT2D eigenvalue weighted by Crippen LogP contribution is -1.78. The predicted molar refractivity (Wildman–Crippen MR) is 48.7 cm³/mol. The second kappa shape index (κ2) is 2.64. The van der Waals surface area contributed by atoms with Crippen LogP contribution in [0.5, 0.6) is 0 Å². The monoisotopic (exact) mass is 178 g/mol. The van der Waals surface area contributed by atoms with Gasteiger partial charge >= 0.3 is 0 Å². The average Bonchev–Trinajstić information content (AvgIpc) is 2.46. The SMILES string of the molecule is O=Cc1c[nH]c2ncc(S)cc12. The number of carbonyl (C=O) groups excluding carboxylic acids is 1. The van der Waals surface area contributed by atoms with Gasteiger partial charge in [0.1, 0.15) is 5.65 Å². The van der Waals surface area contributed by atoms with Crippen molar-refractivity contribution >= 4 is 29.9 Å². The summed E-state index contributed by atoms with van der Waals surface area (Å²) < 4.78 is 0. The predicted octanol–water partition coefficient (Wildman–Crippen LogP) is 1.66. The molecule has 12 heavy (non-hydrogen) atoms. The van der Waals surface area contributed by atoms with E-state index in [4.69, 9.17) is 0 Å². The van der Waals surface area contributed by atoms with Crippen molar-refractivity contribution in [1.82, 2.24) is 9.97 Å². The Labute approximate surface area is 74.2 Å². The summed E-state index contributed by atoms with van der Waals surface area (Å²) >= 11 is 4.13. The van der Waals surface area contributed by atoms with Crippen molar-refractivity contribution in [3.05, 3.63) is 24.0 Å². The Balaban J connectivity index is 2.83. The topological polar surface area (TPSA) is 45.8 Å². The second-order valence-electron chi connectivity index (χ2n) is 2.45. The van der Waals surface area contributed by atoms with Crippen LogP contribution >= 0.6 is 12.6 Å². The number of nitrogens with one attached hydrogen (secondary N) is 1. The summed E-state index contributed by atoms with van der Waals surface area (Å²) in [6.45, 7) is 0. The van der Waals surface area contributed by atoms with Crippen LogP contribution in [-0.4, -0.2) is 16.3 Å². The zero-order valence-corrected chi connectivity index (χ0v) is 7.01. The van der Waals surface area contributed by atoms with Gasteiger partial charge in [0.05, 0.1) is 0 Å². The van der Waals surface area contributed by atoms with E-state index in [-0.39, 0.29) is 0 Å². The fourth-order valence-electron chi connectivity index (χ4n) is 1.11. The van der Waals surface area contributed by atoms with Crippen molar-refractivity contribution in [2.24, 2.45) is 0 Å². The van der Waals surface area contributed by atoms with Gasteiger partial charge in [0.25, 0.3) is 0 Å². The molecular weight excluding hydrogens is 172 g/mol. The van der Waals surface area contributed by atoms with Crippen LogP contribution in [0.3, 0.4) is 0 Å². The molecular formula is C8H6N2OS. The number of aromatic nitrogens is 2. The number of thiol groups is 1. The van der Waals surface area contributed by atoms with Gasteiger partial charge in [-0.2, -0.15) is 0 Å². The first-order chi connectivity index (χ1) is 5.81. The van der Waals surface area contributed by atoms with Crippen LogP contribution in [0.4, 0.5) is 0 Å². The van der Waals surface area contributed by atoms with E-state index in [9.17, 15) is 4.79 Å². The van der Waals surface area contributed by atoms with Crippen LogP contribution < -0.4 is 0 Å². The highest BCUT2D eigenvalue weighted by Crippen LogP contribution is 2.17. The Morgan fingerprint density at radius 1 is 1.58 bits per heavy atom. The highest BCUT2D eigenvalue weighted by atomic mass is 32.1. The van der Waals surface area contributed by atoms with E-state index in [2.05, 4.69) is 22.6 Å². The number of pyridine rings is 1. The summed E-state index contributed by atoms with van der Waals surface area (Å²) in [7, 11) is 0. The van der Waals surface area contributed by atoms with Gasteiger partial charge in [-0.1, -0.05) is 0 Å². The summed E-state index contributed by atoms with van der Waals surface area (Å²) in [5.41, 5.74) is 1.34. The van der Waals surface area contributed by atoms with E-state index in [1.54, 1.807) is 12.4 Å². The number of H-pyrrole nitrogens is 1. The number of carbonyl (C=O) groups is 1. The van der Waals surface area contributed by atoms with E-state index >= 15 is 0 Å². The number of aldehydes is 1. The Bertz CT molecular complexity index is 436. The van der Waals surface area contributed by atoms with E-state index < -0.39 is 0 Å². The van der Waals surface area contributed by atoms with Crippen LogP contribution in [0, 0.1) is 0 Å². The molecule has 3 nitrogen and oxygen atoms in total. The lowest BCUT2D eigenvalue weighted by Gasteiger charge is -1.90. The summed E-state index contributed by atoms with van der Waals surface area (Å²) in [6.07, 6.45) is 4.07. The summed E-state index contributed by atoms with van der Waals surface area (Å²) in [5.74, 6) is 0. The minimum Gasteiger partial charge on any atom is -0.345 e. The fourth-order valence-corrected chi connectivity index (χ4v) is 1.30. The zero-order chi connectivity index (χ0) is 8.55. The number of fused-ring (bicyclic) bond motifs is 1. The van der Waals surface area contributed by atoms with Gasteiger partial charge in [0.2, 0.25) is 0 Å². The van der Waals surface area contributed by atoms with Gasteiger partial charge in [0, 0.05) is 28.2 Å². The zero-order valence-electron chi connectivity index (χ0n) is 6.11. The maximum atomic E-state index is 10.5. The minimum absolute atomic E-state index is 0.619. The van der Waals surface area contributed by atoms with Crippen molar-refractivity contribution in [3.63, 3.8) is 0 Å². The molecule has 0 aliphatic carbocycles. The van der Waals surface area contributed by atoms with E-state index in [0.717, 1.165) is 22.2 Å². The second-order valence-corrected chi connectivity index (χ2v) is 2.97. The van der Waals surface area contributed by atoms with Crippen LogP contribution in [0.2, 0.25) is 0 Å². The molecule has 0 atom stereocenters. The normalized spacial score (nSPS) is 10.4. The first-order valence-electron chi connectivity index (χ1n) is 3.42. The Morgan fingerprint density at radius 2 is 2.42 bits per heavy atom. The molecule has 60 valence electrons. The molecule has 1 N–H and O–H groups in total. The molecule has 2 aromatic rings. The van der Waals surface area contributed by atoms with Crippen molar-refractivity contribution in [3.8, 4) is 0 Å². The lowest BCUT2D eigenvalue weighted by atomic mass is 10.2. The smallest absolute Gasteiger partial charge is 0.152 e. The molecule has 0 spiro atoms. The molecule has 0 aromatic carbocycles. The first kappa shape index (κ1) is 7.36. The van der Waals surface area contributed by atoms with Gasteiger partial charge in [0.15, 0.2) is 6.29 Å². The lowest BCUT2D eigenvalue weighted by molar-refractivity contribution is 0.112. The molecule has 0 aliphatic heterocycles. The third kappa shape index (κ3) is 1.00. The van der Waals surface area contributed by atoms with Gasteiger partial charge in [-0.25, -0.2) is 4.98 Å². The van der Waals surface area contributed by atoms with Crippen LogP contribution in [0.1, 0.15) is 10.4 Å². The standard InChI is InChI=1S/C8H6N2OS/c11-4-5-2-9-8-7(5)1-6(12)3-10-8/h1-4,12H,(H,9,10). The molecule has 0 radical (unpaired) electrons. The minimum atomic E-state index is 0.619. The molecule has 0 saturated heterocycles. The van der Waals surface area contributed by atoms with Crippen LogP contribution in [-0.2, 0) is 0 Å². The van der Waals surface area contributed by atoms with Crippen molar-refractivity contribution in [2.75, 3.05) is 0 Å². The molecule has 2 rings (SSSR count). The van der Waals surface area contributed by atoms with Crippen LogP contribution in [0.15, 0.2) is 23.4 Å². The summed E-state index contributed by atoms with van der Waals surface area (Å²) in [6, 6.07) is 1.81.